The summed E-state index contributed by atoms with van der Waals surface area (Å²) in [5, 5.41) is 6.19. The van der Waals surface area contributed by atoms with Gasteiger partial charge < -0.3 is 10.6 Å². The van der Waals surface area contributed by atoms with E-state index in [0.717, 1.165) is 0 Å². The monoisotopic (exact) mass is 424 g/mol. The maximum Gasteiger partial charge on any atom is 0.391 e. The molecular weight excluding hydrogens is 397 g/mol. The van der Waals surface area contributed by atoms with Crippen LogP contribution in [0.3, 0.4) is 0 Å². The number of halogens is 3. The van der Waals surface area contributed by atoms with Crippen LogP contribution in [0.5, 0.6) is 0 Å². The average molecular weight is 424 g/mol. The Morgan fingerprint density at radius 1 is 1.13 bits per heavy atom. The van der Waals surface area contributed by atoms with Crippen LogP contribution < -0.4 is 10.6 Å². The van der Waals surface area contributed by atoms with Gasteiger partial charge >= 0.3 is 6.18 Å². The van der Waals surface area contributed by atoms with Crippen LogP contribution in [0, 0.1) is 5.92 Å². The first kappa shape index (κ1) is 22.1. The number of guanidine groups is 1. The molecule has 1 aromatic rings. The molecule has 164 valence electrons. The highest BCUT2D eigenvalue weighted by Gasteiger charge is 2.42. The molecule has 1 fully saturated rings. The largest absolute Gasteiger partial charge is 0.391 e. The molecule has 1 aliphatic heterocycles. The third kappa shape index (κ3) is 5.12. The van der Waals surface area contributed by atoms with E-state index in [0.29, 0.717) is 55.9 Å². The number of fused-ring (bicyclic) bond motifs is 1. The smallest absolute Gasteiger partial charge is 0.356 e. The lowest BCUT2D eigenvalue weighted by Gasteiger charge is -2.31. The summed E-state index contributed by atoms with van der Waals surface area (Å²) >= 11 is 0. The van der Waals surface area contributed by atoms with Gasteiger partial charge in [-0.1, -0.05) is 18.6 Å². The van der Waals surface area contributed by atoms with Crippen molar-refractivity contribution in [2.45, 2.75) is 50.7 Å². The van der Waals surface area contributed by atoms with Crippen molar-refractivity contribution >= 4 is 17.8 Å². The van der Waals surface area contributed by atoms with Gasteiger partial charge in [-0.2, -0.15) is 13.2 Å². The molecule has 1 aliphatic carbocycles. The van der Waals surface area contributed by atoms with Crippen LogP contribution in [0.15, 0.2) is 29.3 Å². The lowest BCUT2D eigenvalue weighted by Crippen LogP contribution is -2.47. The number of imide groups is 1. The van der Waals surface area contributed by atoms with Crippen molar-refractivity contribution in [3.05, 3.63) is 35.4 Å². The van der Waals surface area contributed by atoms with E-state index < -0.39 is 12.1 Å². The molecule has 0 aromatic heterocycles. The second-order valence-electron chi connectivity index (χ2n) is 7.76. The molecule has 0 spiro atoms. The lowest BCUT2D eigenvalue weighted by molar-refractivity contribution is -0.183. The molecule has 0 radical (unpaired) electrons. The highest BCUT2D eigenvalue weighted by atomic mass is 19.4. The molecule has 0 saturated heterocycles. The normalized spacial score (nSPS) is 22.3. The summed E-state index contributed by atoms with van der Waals surface area (Å²) in [6.07, 6.45) is -1.37. The molecule has 2 aliphatic rings. The second-order valence-corrected chi connectivity index (χ2v) is 7.76. The molecule has 2 unspecified atom stereocenters. The van der Waals surface area contributed by atoms with Gasteiger partial charge in [0.2, 0.25) is 0 Å². The Morgan fingerprint density at radius 2 is 1.80 bits per heavy atom. The topological polar surface area (TPSA) is 73.8 Å². The Labute approximate surface area is 173 Å². The van der Waals surface area contributed by atoms with Crippen molar-refractivity contribution in [3.63, 3.8) is 0 Å². The minimum atomic E-state index is -4.15. The van der Waals surface area contributed by atoms with Crippen LogP contribution in [0.4, 0.5) is 13.2 Å². The van der Waals surface area contributed by atoms with Gasteiger partial charge in [0.1, 0.15) is 0 Å². The van der Waals surface area contributed by atoms with Gasteiger partial charge in [-0.3, -0.25) is 19.5 Å². The first-order valence-electron chi connectivity index (χ1n) is 10.3. The number of unbranched alkanes of at least 4 members (excludes halogenated alkanes) is 1. The summed E-state index contributed by atoms with van der Waals surface area (Å²) in [6, 6.07) is 6.52. The van der Waals surface area contributed by atoms with Crippen molar-refractivity contribution in [2.24, 2.45) is 10.9 Å². The SMILES string of the molecule is CN=C(NCCCCN1C(=O)c2ccccc2C1=O)NC1CCCC(C(F)(F)F)C1. The first-order valence-corrected chi connectivity index (χ1v) is 10.3. The Morgan fingerprint density at radius 3 is 2.40 bits per heavy atom. The van der Waals surface area contributed by atoms with Gasteiger partial charge in [0.05, 0.1) is 17.0 Å². The fourth-order valence-electron chi connectivity index (χ4n) is 4.05. The van der Waals surface area contributed by atoms with Crippen LogP contribution in [0.25, 0.3) is 0 Å². The number of hydrogen-bond acceptors (Lipinski definition) is 3. The minimum Gasteiger partial charge on any atom is -0.356 e. The molecule has 2 N–H and O–H groups in total. The number of nitrogens with zero attached hydrogens (tertiary/aromatic N) is 2. The van der Waals surface area contributed by atoms with Crippen LogP contribution in [0.2, 0.25) is 0 Å². The fourth-order valence-corrected chi connectivity index (χ4v) is 4.05. The van der Waals surface area contributed by atoms with E-state index in [1.807, 2.05) is 0 Å². The zero-order chi connectivity index (χ0) is 21.7. The second kappa shape index (κ2) is 9.49. The van der Waals surface area contributed by atoms with Crippen LogP contribution in [-0.4, -0.2) is 55.0 Å². The van der Waals surface area contributed by atoms with Gasteiger partial charge in [0.25, 0.3) is 11.8 Å². The first-order chi connectivity index (χ1) is 14.3. The predicted molar refractivity (Wildman–Crippen MR) is 107 cm³/mol. The van der Waals surface area contributed by atoms with Gasteiger partial charge in [-0.05, 0) is 44.2 Å². The Balaban J connectivity index is 1.39. The summed E-state index contributed by atoms with van der Waals surface area (Å²) in [7, 11) is 1.58. The molecule has 3 rings (SSSR count). The van der Waals surface area contributed by atoms with Crippen LogP contribution >= 0.6 is 0 Å². The highest BCUT2D eigenvalue weighted by molar-refractivity contribution is 6.21. The molecule has 30 heavy (non-hydrogen) atoms. The number of carbonyl (C=O) groups is 2. The third-order valence-electron chi connectivity index (χ3n) is 5.68. The quantitative estimate of drug-likeness (QED) is 0.318. The molecule has 1 heterocycles. The van der Waals surface area contributed by atoms with Crippen LogP contribution in [0.1, 0.15) is 59.2 Å². The summed E-state index contributed by atoms with van der Waals surface area (Å²) < 4.78 is 38.9. The molecular formula is C21H27F3N4O2. The summed E-state index contributed by atoms with van der Waals surface area (Å²) in [4.78, 5) is 30.0. The van der Waals surface area contributed by atoms with E-state index in [1.165, 1.54) is 4.90 Å². The zero-order valence-electron chi connectivity index (χ0n) is 17.0. The van der Waals surface area contributed by atoms with E-state index in [4.69, 9.17) is 0 Å². The Bertz CT molecular complexity index is 775. The summed E-state index contributed by atoms with van der Waals surface area (Å²) in [5.74, 6) is -1.32. The molecule has 2 amide bonds. The fraction of sp³-hybridized carbons (Fsp3) is 0.571. The van der Waals surface area contributed by atoms with E-state index in [9.17, 15) is 22.8 Å². The molecule has 0 bridgehead atoms. The van der Waals surface area contributed by atoms with Crippen LogP contribution in [-0.2, 0) is 0 Å². The van der Waals surface area contributed by atoms with Crippen molar-refractivity contribution in [2.75, 3.05) is 20.1 Å². The average Bonchev–Trinajstić information content (AvgIpc) is 2.97. The Kier molecular flexibility index (Phi) is 6.99. The molecule has 6 nitrogen and oxygen atoms in total. The van der Waals surface area contributed by atoms with Crippen molar-refractivity contribution in [1.82, 2.24) is 15.5 Å². The van der Waals surface area contributed by atoms with Gasteiger partial charge in [-0.15, -0.1) is 0 Å². The number of aliphatic imine (C=N–C) groups is 1. The number of carbonyl (C=O) groups excluding carboxylic acids is 2. The molecule has 1 aromatic carbocycles. The minimum absolute atomic E-state index is 0.0595. The third-order valence-corrected chi connectivity index (χ3v) is 5.68. The molecule has 2 atom stereocenters. The number of benzene rings is 1. The summed E-state index contributed by atoms with van der Waals surface area (Å²) in [6.45, 7) is 0.869. The number of rotatable bonds is 6. The number of amides is 2. The van der Waals surface area contributed by atoms with Crippen molar-refractivity contribution in [3.8, 4) is 0 Å². The standard InChI is InChI=1S/C21H27F3N4O2/c1-25-20(27-15-8-6-7-14(13-15)21(22,23)24)26-11-4-5-12-28-18(29)16-9-2-3-10-17(16)19(28)30/h2-3,9-10,14-15H,4-8,11-13H2,1H3,(H2,25,26,27). The Hall–Kier alpha value is -2.58. The highest BCUT2D eigenvalue weighted by Crippen LogP contribution is 2.37. The molecule has 1 saturated carbocycles. The van der Waals surface area contributed by atoms with E-state index in [-0.39, 0.29) is 30.7 Å². The maximum atomic E-state index is 13.0. The van der Waals surface area contributed by atoms with Gasteiger partial charge in [0.15, 0.2) is 5.96 Å². The van der Waals surface area contributed by atoms with Crippen molar-refractivity contribution < 1.29 is 22.8 Å². The van der Waals surface area contributed by atoms with Gasteiger partial charge in [0, 0.05) is 26.2 Å². The predicted octanol–water partition coefficient (Wildman–Crippen LogP) is 3.35. The zero-order valence-corrected chi connectivity index (χ0v) is 17.0. The maximum absolute atomic E-state index is 13.0. The van der Waals surface area contributed by atoms with E-state index >= 15 is 0 Å². The van der Waals surface area contributed by atoms with Gasteiger partial charge in [-0.25, -0.2) is 0 Å². The van der Waals surface area contributed by atoms with E-state index in [1.54, 1.807) is 31.3 Å². The summed E-state index contributed by atoms with van der Waals surface area (Å²) in [5.41, 5.74) is 0.879. The number of alkyl halides is 3. The lowest BCUT2D eigenvalue weighted by atomic mass is 9.85. The molecule has 9 heteroatoms. The van der Waals surface area contributed by atoms with E-state index in [2.05, 4.69) is 15.6 Å². The number of nitrogens with one attached hydrogen (secondary N) is 2. The number of hydrogen-bond donors (Lipinski definition) is 2. The van der Waals surface area contributed by atoms with Crippen molar-refractivity contribution in [1.29, 1.82) is 0 Å².